The maximum atomic E-state index is 4.60. The number of halogens is 1. The monoisotopic (exact) mass is 282 g/mol. The number of aryl methyl sites for hydroxylation is 1. The second-order valence-corrected chi connectivity index (χ2v) is 5.05. The molecule has 1 aromatic carbocycles. The molecule has 4 heteroatoms. The van der Waals surface area contributed by atoms with Crippen LogP contribution in [0.4, 0.5) is 0 Å². The summed E-state index contributed by atoms with van der Waals surface area (Å²) in [5.41, 5.74) is 3.70. The van der Waals surface area contributed by atoms with Gasteiger partial charge in [0.25, 0.3) is 0 Å². The molecule has 0 atom stereocenters. The van der Waals surface area contributed by atoms with Gasteiger partial charge in [0.2, 0.25) is 0 Å². The third-order valence-corrected chi connectivity index (χ3v) is 3.52. The SMILES string of the molecule is CCCc1ccc(-c2csc(CNC)n2)cc1.Cl. The highest BCUT2D eigenvalue weighted by molar-refractivity contribution is 7.09. The lowest BCUT2D eigenvalue weighted by molar-refractivity contribution is 0.811. The van der Waals surface area contributed by atoms with Crippen LogP contribution < -0.4 is 5.32 Å². The van der Waals surface area contributed by atoms with E-state index in [1.165, 1.54) is 17.5 Å². The Bertz CT molecular complexity index is 465. The van der Waals surface area contributed by atoms with Gasteiger partial charge >= 0.3 is 0 Å². The van der Waals surface area contributed by atoms with E-state index in [2.05, 4.69) is 46.9 Å². The van der Waals surface area contributed by atoms with Crippen molar-refractivity contribution in [3.05, 3.63) is 40.2 Å². The summed E-state index contributed by atoms with van der Waals surface area (Å²) in [5.74, 6) is 0. The first-order chi connectivity index (χ1) is 8.33. The summed E-state index contributed by atoms with van der Waals surface area (Å²) in [7, 11) is 1.95. The molecule has 1 aromatic heterocycles. The fourth-order valence-electron chi connectivity index (χ4n) is 1.81. The molecule has 0 aliphatic carbocycles. The highest BCUT2D eigenvalue weighted by atomic mass is 35.5. The minimum atomic E-state index is 0. The zero-order chi connectivity index (χ0) is 12.1. The summed E-state index contributed by atoms with van der Waals surface area (Å²) in [6.07, 6.45) is 2.35. The lowest BCUT2D eigenvalue weighted by Gasteiger charge is -2.00. The van der Waals surface area contributed by atoms with Crippen LogP contribution in [0.1, 0.15) is 23.9 Å². The number of aromatic nitrogens is 1. The molecular formula is C14H19ClN2S. The van der Waals surface area contributed by atoms with Gasteiger partial charge in [0.15, 0.2) is 0 Å². The number of thiazole rings is 1. The maximum Gasteiger partial charge on any atom is 0.107 e. The van der Waals surface area contributed by atoms with E-state index in [-0.39, 0.29) is 12.4 Å². The fraction of sp³-hybridized carbons (Fsp3) is 0.357. The minimum Gasteiger partial charge on any atom is -0.314 e. The van der Waals surface area contributed by atoms with Gasteiger partial charge in [-0.2, -0.15) is 0 Å². The summed E-state index contributed by atoms with van der Waals surface area (Å²) < 4.78 is 0. The zero-order valence-corrected chi connectivity index (χ0v) is 12.4. The Balaban J connectivity index is 0.00000162. The summed E-state index contributed by atoms with van der Waals surface area (Å²) >= 11 is 1.71. The van der Waals surface area contributed by atoms with Gasteiger partial charge in [-0.1, -0.05) is 37.6 Å². The number of nitrogens with zero attached hydrogens (tertiary/aromatic N) is 1. The predicted octanol–water partition coefficient (Wildman–Crippen LogP) is 3.90. The standard InChI is InChI=1S/C14H18N2S.ClH/c1-3-4-11-5-7-12(8-6-11)13-10-17-14(16-13)9-15-2;/h5-8,10,15H,3-4,9H2,1-2H3;1H. The first kappa shape index (κ1) is 15.2. The molecule has 0 bridgehead atoms. The molecule has 0 unspecified atom stereocenters. The van der Waals surface area contributed by atoms with Gasteiger partial charge in [0.05, 0.1) is 5.69 Å². The van der Waals surface area contributed by atoms with Crippen molar-refractivity contribution in [2.45, 2.75) is 26.3 Å². The highest BCUT2D eigenvalue weighted by Crippen LogP contribution is 2.22. The summed E-state index contributed by atoms with van der Waals surface area (Å²) in [6.45, 7) is 3.05. The molecule has 0 spiro atoms. The van der Waals surface area contributed by atoms with Gasteiger partial charge in [-0.15, -0.1) is 23.7 Å². The van der Waals surface area contributed by atoms with Crippen LogP contribution in [-0.2, 0) is 13.0 Å². The van der Waals surface area contributed by atoms with E-state index in [9.17, 15) is 0 Å². The quantitative estimate of drug-likeness (QED) is 0.899. The van der Waals surface area contributed by atoms with Crippen molar-refractivity contribution in [3.63, 3.8) is 0 Å². The molecule has 2 nitrogen and oxygen atoms in total. The van der Waals surface area contributed by atoms with E-state index in [0.717, 1.165) is 23.7 Å². The maximum absolute atomic E-state index is 4.60. The molecule has 0 aliphatic heterocycles. The minimum absolute atomic E-state index is 0. The van der Waals surface area contributed by atoms with Crippen LogP contribution in [0.15, 0.2) is 29.6 Å². The number of rotatable bonds is 5. The lowest BCUT2D eigenvalue weighted by Crippen LogP contribution is -2.04. The third kappa shape index (κ3) is 3.80. The van der Waals surface area contributed by atoms with Crippen LogP contribution in [0.5, 0.6) is 0 Å². The molecule has 98 valence electrons. The van der Waals surface area contributed by atoms with Crippen LogP contribution in [0.25, 0.3) is 11.3 Å². The Morgan fingerprint density at radius 1 is 1.22 bits per heavy atom. The number of benzene rings is 1. The molecule has 2 aromatic rings. The molecule has 18 heavy (non-hydrogen) atoms. The van der Waals surface area contributed by atoms with Crippen LogP contribution in [-0.4, -0.2) is 12.0 Å². The van der Waals surface area contributed by atoms with Gasteiger partial charge < -0.3 is 5.32 Å². The van der Waals surface area contributed by atoms with E-state index < -0.39 is 0 Å². The van der Waals surface area contributed by atoms with E-state index in [1.54, 1.807) is 11.3 Å². The van der Waals surface area contributed by atoms with Gasteiger partial charge in [0.1, 0.15) is 5.01 Å². The van der Waals surface area contributed by atoms with Crippen molar-refractivity contribution in [1.82, 2.24) is 10.3 Å². The Labute approximate surface area is 119 Å². The van der Waals surface area contributed by atoms with Crippen molar-refractivity contribution < 1.29 is 0 Å². The Kier molecular flexibility index (Phi) is 6.33. The Morgan fingerprint density at radius 3 is 2.56 bits per heavy atom. The van der Waals surface area contributed by atoms with E-state index in [1.807, 2.05) is 7.05 Å². The summed E-state index contributed by atoms with van der Waals surface area (Å²) in [5, 5.41) is 6.39. The van der Waals surface area contributed by atoms with E-state index in [4.69, 9.17) is 0 Å². The lowest BCUT2D eigenvalue weighted by atomic mass is 10.1. The molecule has 0 fully saturated rings. The van der Waals surface area contributed by atoms with Gasteiger partial charge in [0, 0.05) is 17.5 Å². The second kappa shape index (κ2) is 7.52. The van der Waals surface area contributed by atoms with Crippen molar-refractivity contribution >= 4 is 23.7 Å². The van der Waals surface area contributed by atoms with Crippen molar-refractivity contribution in [1.29, 1.82) is 0 Å². The molecule has 0 aliphatic rings. The van der Waals surface area contributed by atoms with Gasteiger partial charge in [-0.3, -0.25) is 0 Å². The smallest absolute Gasteiger partial charge is 0.107 e. The second-order valence-electron chi connectivity index (χ2n) is 4.10. The number of hydrogen-bond acceptors (Lipinski definition) is 3. The summed E-state index contributed by atoms with van der Waals surface area (Å²) in [6, 6.07) is 8.75. The Morgan fingerprint density at radius 2 is 1.94 bits per heavy atom. The third-order valence-electron chi connectivity index (χ3n) is 2.67. The highest BCUT2D eigenvalue weighted by Gasteiger charge is 2.03. The molecule has 1 N–H and O–H groups in total. The van der Waals surface area contributed by atoms with Crippen LogP contribution in [0.3, 0.4) is 0 Å². The summed E-state index contributed by atoms with van der Waals surface area (Å²) in [4.78, 5) is 4.60. The van der Waals surface area contributed by atoms with Crippen molar-refractivity contribution in [2.75, 3.05) is 7.05 Å². The predicted molar refractivity (Wildman–Crippen MR) is 81.6 cm³/mol. The fourth-order valence-corrected chi connectivity index (χ4v) is 2.62. The molecule has 2 rings (SSSR count). The Hall–Kier alpha value is -0.900. The van der Waals surface area contributed by atoms with Crippen molar-refractivity contribution in [3.8, 4) is 11.3 Å². The number of hydrogen-bond donors (Lipinski definition) is 1. The molecule has 0 amide bonds. The molecule has 0 saturated carbocycles. The normalized spacial score (nSPS) is 10.1. The molecule has 1 heterocycles. The van der Waals surface area contributed by atoms with Gasteiger partial charge in [-0.25, -0.2) is 4.98 Å². The van der Waals surface area contributed by atoms with Crippen LogP contribution in [0, 0.1) is 0 Å². The van der Waals surface area contributed by atoms with E-state index >= 15 is 0 Å². The van der Waals surface area contributed by atoms with Gasteiger partial charge in [-0.05, 0) is 19.0 Å². The largest absolute Gasteiger partial charge is 0.314 e. The molecular weight excluding hydrogens is 264 g/mol. The van der Waals surface area contributed by atoms with E-state index in [0.29, 0.717) is 0 Å². The average molecular weight is 283 g/mol. The number of nitrogens with one attached hydrogen (secondary N) is 1. The first-order valence-corrected chi connectivity index (χ1v) is 6.89. The molecule has 0 radical (unpaired) electrons. The van der Waals surface area contributed by atoms with Crippen LogP contribution in [0.2, 0.25) is 0 Å². The first-order valence-electron chi connectivity index (χ1n) is 6.01. The average Bonchev–Trinajstić information content (AvgIpc) is 2.80. The van der Waals surface area contributed by atoms with Crippen molar-refractivity contribution in [2.24, 2.45) is 0 Å². The van der Waals surface area contributed by atoms with Crippen LogP contribution >= 0.6 is 23.7 Å². The zero-order valence-electron chi connectivity index (χ0n) is 10.8. The molecule has 0 saturated heterocycles. The topological polar surface area (TPSA) is 24.9 Å².